The van der Waals surface area contributed by atoms with Crippen LogP contribution in [0.5, 0.6) is 5.75 Å². The van der Waals surface area contributed by atoms with Crippen molar-refractivity contribution in [3.05, 3.63) is 41.9 Å². The first-order valence-corrected chi connectivity index (χ1v) is 12.2. The maximum Gasteiger partial charge on any atom is 0.459 e. The molecule has 1 aromatic carbocycles. The van der Waals surface area contributed by atoms with E-state index in [-0.39, 0.29) is 28.0 Å². The molecule has 6 atom stereocenters. The van der Waals surface area contributed by atoms with Crippen molar-refractivity contribution in [3.63, 3.8) is 0 Å². The highest BCUT2D eigenvalue weighted by atomic mass is 35.5. The van der Waals surface area contributed by atoms with Crippen LogP contribution in [-0.2, 0) is 18.6 Å². The third-order valence-electron chi connectivity index (χ3n) is 5.15. The maximum atomic E-state index is 13.3. The summed E-state index contributed by atoms with van der Waals surface area (Å²) in [5.74, 6) is -1.08. The summed E-state index contributed by atoms with van der Waals surface area (Å²) in [6.45, 7) is 0.715. The second kappa shape index (κ2) is 10.0. The number of nitrogens with one attached hydrogen (secondary N) is 1. The third kappa shape index (κ3) is 5.23. The fourth-order valence-corrected chi connectivity index (χ4v) is 5.15. The molecule has 2 aromatic heterocycles. The highest BCUT2D eigenvalue weighted by Gasteiger charge is 2.46. The number of nitrogens with two attached hydrogens (primary N) is 1. The predicted octanol–water partition coefficient (Wildman–Crippen LogP) is 0.947. The van der Waals surface area contributed by atoms with Crippen LogP contribution < -0.4 is 15.3 Å². The van der Waals surface area contributed by atoms with E-state index in [4.69, 9.17) is 31.1 Å². The number of fused-ring (bicyclic) bond motifs is 1. The summed E-state index contributed by atoms with van der Waals surface area (Å²) in [6.07, 6.45) is -4.29. The molecule has 0 saturated carbocycles. The number of imidazole rings is 1. The number of halogens is 1. The minimum absolute atomic E-state index is 0.0567. The molecule has 0 aliphatic carbocycles. The summed E-state index contributed by atoms with van der Waals surface area (Å²) >= 11 is 6.20. The summed E-state index contributed by atoms with van der Waals surface area (Å²) < 4.78 is 31.2. The number of hydrogen-bond acceptors (Lipinski definition) is 11. The Kier molecular flexibility index (Phi) is 7.24. The number of para-hydroxylation sites is 1. The normalized spacial score (nSPS) is 24.8. The number of aromatic nitrogens is 4. The van der Waals surface area contributed by atoms with Crippen LogP contribution in [0.2, 0.25) is 5.28 Å². The average Bonchev–Trinajstić information content (AvgIpc) is 3.29. The molecule has 188 valence electrons. The summed E-state index contributed by atoms with van der Waals surface area (Å²) in [6, 6.07) is 6.67. The van der Waals surface area contributed by atoms with Crippen LogP contribution in [-0.4, -0.2) is 71.8 Å². The first-order chi connectivity index (χ1) is 16.6. The van der Waals surface area contributed by atoms with Gasteiger partial charge in [0.25, 0.3) is 0 Å². The average molecular weight is 529 g/mol. The van der Waals surface area contributed by atoms with E-state index in [1.165, 1.54) is 30.0 Å². The Labute approximate surface area is 203 Å². The zero-order valence-corrected chi connectivity index (χ0v) is 19.8. The van der Waals surface area contributed by atoms with Crippen LogP contribution in [0.4, 0.5) is 5.82 Å². The Morgan fingerprint density at radius 2 is 2.03 bits per heavy atom. The molecular formula is C19H22ClN6O8P. The van der Waals surface area contributed by atoms with E-state index in [0.717, 1.165) is 0 Å². The lowest BCUT2D eigenvalue weighted by atomic mass is 10.1. The minimum atomic E-state index is -4.27. The van der Waals surface area contributed by atoms with E-state index in [9.17, 15) is 24.7 Å². The van der Waals surface area contributed by atoms with Gasteiger partial charge in [-0.25, -0.2) is 19.5 Å². The summed E-state index contributed by atoms with van der Waals surface area (Å²) in [4.78, 5) is 23.3. The molecule has 0 bridgehead atoms. The summed E-state index contributed by atoms with van der Waals surface area (Å²) in [7, 11) is -4.27. The van der Waals surface area contributed by atoms with Crippen molar-refractivity contribution in [3.8, 4) is 5.75 Å². The first kappa shape index (κ1) is 25.3. The number of aliphatic hydroxyl groups excluding tert-OH is 2. The Bertz CT molecular complexity index is 1260. The molecule has 1 aliphatic rings. The zero-order valence-electron chi connectivity index (χ0n) is 18.1. The quantitative estimate of drug-likeness (QED) is 0.194. The number of benzene rings is 1. The standard InChI is InChI=1S/C19H22ClN6O8P/c1-9(18(29)30)25-35(31,34-10-5-3-2-4-6-10)32-7-11-13(27)14(28)17(33-11)26-16-12(24-19(26)20)15(21)22-8-23-16/h2-6,8-9,11,13-14,17,27-28H,7H2,1H3,(H,25,31)(H,29,30)(H2,21,22,23)/t9?,11-,13-,14-,17-,35?/m1/s1. The number of carboxylic acid groups (broad SMARTS) is 1. The molecule has 35 heavy (non-hydrogen) atoms. The molecule has 3 aromatic rings. The number of carbonyl (C=O) groups is 1. The van der Waals surface area contributed by atoms with E-state index in [2.05, 4.69) is 20.0 Å². The summed E-state index contributed by atoms with van der Waals surface area (Å²) in [5.41, 5.74) is 6.13. The van der Waals surface area contributed by atoms with Gasteiger partial charge in [-0.3, -0.25) is 13.9 Å². The Morgan fingerprint density at radius 3 is 2.71 bits per heavy atom. The van der Waals surface area contributed by atoms with Crippen LogP contribution >= 0.6 is 19.3 Å². The number of nitrogens with zero attached hydrogens (tertiary/aromatic N) is 4. The van der Waals surface area contributed by atoms with Gasteiger partial charge < -0.3 is 30.3 Å². The van der Waals surface area contributed by atoms with Gasteiger partial charge >= 0.3 is 13.7 Å². The molecule has 0 spiro atoms. The number of carboxylic acids is 1. The Hall–Kier alpha value is -2.84. The van der Waals surface area contributed by atoms with Gasteiger partial charge in [-0.05, 0) is 30.7 Å². The maximum absolute atomic E-state index is 13.3. The van der Waals surface area contributed by atoms with Crippen molar-refractivity contribution in [1.82, 2.24) is 24.6 Å². The number of nitrogen functional groups attached to an aromatic ring is 1. The van der Waals surface area contributed by atoms with Crippen molar-refractivity contribution in [2.45, 2.75) is 37.5 Å². The van der Waals surface area contributed by atoms with Crippen LogP contribution in [0.1, 0.15) is 13.2 Å². The number of anilines is 1. The zero-order chi connectivity index (χ0) is 25.3. The molecule has 1 saturated heterocycles. The molecule has 4 rings (SSSR count). The number of rotatable bonds is 9. The Morgan fingerprint density at radius 1 is 1.31 bits per heavy atom. The van der Waals surface area contributed by atoms with E-state index >= 15 is 0 Å². The lowest BCUT2D eigenvalue weighted by Gasteiger charge is -2.24. The van der Waals surface area contributed by atoms with E-state index in [1.807, 2.05) is 0 Å². The number of aliphatic hydroxyl groups is 2. The SMILES string of the molecule is CC(NP(=O)(OC[C@H]1O[C@@H](n2c(Cl)nc3c(N)ncnc32)[C@H](O)[C@@H]1O)Oc1ccccc1)C(=O)O. The van der Waals surface area contributed by atoms with Crippen molar-refractivity contribution < 1.29 is 38.5 Å². The first-order valence-electron chi connectivity index (χ1n) is 10.2. The van der Waals surface area contributed by atoms with Gasteiger partial charge in [-0.15, -0.1) is 0 Å². The predicted molar refractivity (Wildman–Crippen MR) is 122 cm³/mol. The van der Waals surface area contributed by atoms with Crippen LogP contribution in [0, 0.1) is 0 Å². The third-order valence-corrected chi connectivity index (χ3v) is 7.06. The van der Waals surface area contributed by atoms with E-state index in [0.29, 0.717) is 0 Å². The molecule has 16 heteroatoms. The number of hydrogen-bond donors (Lipinski definition) is 5. The van der Waals surface area contributed by atoms with Crippen LogP contribution in [0.15, 0.2) is 36.7 Å². The topological polar surface area (TPSA) is 204 Å². The van der Waals surface area contributed by atoms with Gasteiger partial charge in [0.2, 0.25) is 5.28 Å². The number of ether oxygens (including phenoxy) is 1. The molecular weight excluding hydrogens is 507 g/mol. The minimum Gasteiger partial charge on any atom is -0.480 e. The van der Waals surface area contributed by atoms with E-state index < -0.39 is 50.9 Å². The Balaban J connectivity index is 1.54. The molecule has 14 nitrogen and oxygen atoms in total. The van der Waals surface area contributed by atoms with Crippen molar-refractivity contribution in [1.29, 1.82) is 0 Å². The molecule has 3 heterocycles. The van der Waals surface area contributed by atoms with Crippen molar-refractivity contribution >= 4 is 42.3 Å². The van der Waals surface area contributed by atoms with Gasteiger partial charge in [0.15, 0.2) is 23.2 Å². The fourth-order valence-electron chi connectivity index (χ4n) is 3.38. The molecule has 2 unspecified atom stereocenters. The molecule has 1 aliphatic heterocycles. The van der Waals surface area contributed by atoms with Crippen molar-refractivity contribution in [2.75, 3.05) is 12.3 Å². The van der Waals surface area contributed by atoms with Gasteiger partial charge in [0, 0.05) is 0 Å². The van der Waals surface area contributed by atoms with Gasteiger partial charge in [-0.1, -0.05) is 18.2 Å². The highest BCUT2D eigenvalue weighted by molar-refractivity contribution is 7.52. The molecule has 1 fully saturated rings. The van der Waals surface area contributed by atoms with Crippen LogP contribution in [0.25, 0.3) is 11.2 Å². The van der Waals surface area contributed by atoms with E-state index in [1.54, 1.807) is 18.2 Å². The molecule has 6 N–H and O–H groups in total. The second-order valence-electron chi connectivity index (χ2n) is 7.61. The lowest BCUT2D eigenvalue weighted by Crippen LogP contribution is -2.36. The molecule has 0 radical (unpaired) electrons. The molecule has 0 amide bonds. The van der Waals surface area contributed by atoms with Crippen molar-refractivity contribution in [2.24, 2.45) is 0 Å². The highest BCUT2D eigenvalue weighted by Crippen LogP contribution is 2.46. The lowest BCUT2D eigenvalue weighted by molar-refractivity contribution is -0.138. The number of aliphatic carboxylic acids is 1. The summed E-state index contributed by atoms with van der Waals surface area (Å²) in [5, 5.41) is 32.6. The van der Waals surface area contributed by atoms with Crippen LogP contribution in [0.3, 0.4) is 0 Å². The fraction of sp³-hybridized carbons (Fsp3) is 0.368. The monoisotopic (exact) mass is 528 g/mol. The van der Waals surface area contributed by atoms with Gasteiger partial charge in [0.1, 0.15) is 36.4 Å². The van der Waals surface area contributed by atoms with Gasteiger partial charge in [0.05, 0.1) is 6.61 Å². The van der Waals surface area contributed by atoms with Gasteiger partial charge in [-0.2, -0.15) is 5.09 Å². The largest absolute Gasteiger partial charge is 0.480 e. The smallest absolute Gasteiger partial charge is 0.459 e. The second-order valence-corrected chi connectivity index (χ2v) is 9.65.